The molecule has 2 rings (SSSR count). The SMILES string of the molecule is NC(CS(=O)(=O)Cc1ccccc1)C1CCCCC1. The number of sulfone groups is 1. The summed E-state index contributed by atoms with van der Waals surface area (Å²) in [4.78, 5) is 0. The maximum Gasteiger partial charge on any atom is 0.155 e. The Morgan fingerprint density at radius 3 is 2.37 bits per heavy atom. The highest BCUT2D eigenvalue weighted by Crippen LogP contribution is 2.26. The van der Waals surface area contributed by atoms with Gasteiger partial charge in [0, 0.05) is 6.04 Å². The van der Waals surface area contributed by atoms with Crippen LogP contribution in [0.3, 0.4) is 0 Å². The average molecular weight is 281 g/mol. The monoisotopic (exact) mass is 281 g/mol. The van der Waals surface area contributed by atoms with Crippen LogP contribution in [-0.2, 0) is 15.6 Å². The molecule has 1 saturated carbocycles. The Labute approximate surface area is 116 Å². The van der Waals surface area contributed by atoms with Gasteiger partial charge in [0.1, 0.15) is 0 Å². The number of hydrogen-bond acceptors (Lipinski definition) is 3. The van der Waals surface area contributed by atoms with Gasteiger partial charge < -0.3 is 5.73 Å². The summed E-state index contributed by atoms with van der Waals surface area (Å²) in [5.74, 6) is 0.611. The van der Waals surface area contributed by atoms with Crippen LogP contribution in [-0.4, -0.2) is 20.2 Å². The van der Waals surface area contributed by atoms with Crippen molar-refractivity contribution in [2.45, 2.75) is 43.9 Å². The van der Waals surface area contributed by atoms with Crippen LogP contribution < -0.4 is 5.73 Å². The van der Waals surface area contributed by atoms with E-state index in [0.717, 1.165) is 18.4 Å². The summed E-state index contributed by atoms with van der Waals surface area (Å²) in [5, 5.41) is 0. The second-order valence-corrected chi connectivity index (χ2v) is 7.71. The zero-order valence-electron chi connectivity index (χ0n) is 11.3. The van der Waals surface area contributed by atoms with Crippen LogP contribution >= 0.6 is 0 Å². The van der Waals surface area contributed by atoms with E-state index in [4.69, 9.17) is 5.73 Å². The molecule has 0 aliphatic heterocycles. The Balaban J connectivity index is 1.93. The predicted octanol–water partition coefficient (Wildman–Crippen LogP) is 2.51. The third kappa shape index (κ3) is 4.62. The van der Waals surface area contributed by atoms with Gasteiger partial charge >= 0.3 is 0 Å². The van der Waals surface area contributed by atoms with Crippen molar-refractivity contribution in [1.29, 1.82) is 0 Å². The maximum atomic E-state index is 12.2. The molecule has 1 aromatic carbocycles. The summed E-state index contributed by atoms with van der Waals surface area (Å²) in [6.07, 6.45) is 5.82. The average Bonchev–Trinajstić information content (AvgIpc) is 2.39. The molecule has 4 heteroatoms. The molecule has 0 radical (unpaired) electrons. The van der Waals surface area contributed by atoms with Crippen LogP contribution in [0.1, 0.15) is 37.7 Å². The molecule has 1 fully saturated rings. The first kappa shape index (κ1) is 14.5. The Kier molecular flexibility index (Phi) is 4.99. The van der Waals surface area contributed by atoms with Crippen molar-refractivity contribution in [2.24, 2.45) is 11.7 Å². The van der Waals surface area contributed by atoms with Gasteiger partial charge in [0.2, 0.25) is 0 Å². The lowest BCUT2D eigenvalue weighted by atomic mass is 9.85. The van der Waals surface area contributed by atoms with Crippen molar-refractivity contribution in [1.82, 2.24) is 0 Å². The Bertz CT molecular complexity index is 478. The maximum absolute atomic E-state index is 12.2. The van der Waals surface area contributed by atoms with Gasteiger partial charge in [0.05, 0.1) is 11.5 Å². The molecule has 1 aliphatic carbocycles. The molecule has 0 saturated heterocycles. The molecule has 1 aromatic rings. The highest BCUT2D eigenvalue weighted by molar-refractivity contribution is 7.90. The number of nitrogens with two attached hydrogens (primary N) is 1. The Morgan fingerprint density at radius 2 is 1.74 bits per heavy atom. The van der Waals surface area contributed by atoms with Gasteiger partial charge in [-0.25, -0.2) is 8.42 Å². The molecule has 0 spiro atoms. The zero-order chi connectivity index (χ0) is 13.7. The number of hydrogen-bond donors (Lipinski definition) is 1. The number of benzene rings is 1. The standard InChI is InChI=1S/C15H23NO2S/c16-15(14-9-5-2-6-10-14)12-19(17,18)11-13-7-3-1-4-8-13/h1,3-4,7-8,14-15H,2,5-6,9-12,16H2. The molecule has 0 bridgehead atoms. The molecule has 3 nitrogen and oxygen atoms in total. The molecule has 1 unspecified atom stereocenters. The van der Waals surface area contributed by atoms with Crippen LogP contribution in [0.4, 0.5) is 0 Å². The first-order valence-electron chi connectivity index (χ1n) is 7.07. The highest BCUT2D eigenvalue weighted by atomic mass is 32.2. The van der Waals surface area contributed by atoms with Crippen molar-refractivity contribution >= 4 is 9.84 Å². The van der Waals surface area contributed by atoms with Gasteiger partial charge in [-0.05, 0) is 24.3 Å². The third-order valence-electron chi connectivity index (χ3n) is 3.93. The van der Waals surface area contributed by atoms with Gasteiger partial charge in [0.15, 0.2) is 9.84 Å². The van der Waals surface area contributed by atoms with Crippen molar-refractivity contribution in [3.8, 4) is 0 Å². The lowest BCUT2D eigenvalue weighted by molar-refractivity contribution is 0.317. The fourth-order valence-electron chi connectivity index (χ4n) is 2.88. The van der Waals surface area contributed by atoms with Gasteiger partial charge in [-0.2, -0.15) is 0 Å². The second kappa shape index (κ2) is 6.53. The quantitative estimate of drug-likeness (QED) is 0.902. The summed E-state index contributed by atoms with van der Waals surface area (Å²) in [5.41, 5.74) is 6.95. The molecule has 0 amide bonds. The second-order valence-electron chi connectivity index (χ2n) is 5.60. The minimum absolute atomic E-state index is 0.105. The van der Waals surface area contributed by atoms with Crippen molar-refractivity contribution in [2.75, 3.05) is 5.75 Å². The van der Waals surface area contributed by atoms with Gasteiger partial charge in [0.25, 0.3) is 0 Å². The lowest BCUT2D eigenvalue weighted by Gasteiger charge is -2.27. The molecule has 19 heavy (non-hydrogen) atoms. The van der Waals surface area contributed by atoms with E-state index in [1.54, 1.807) is 0 Å². The fraction of sp³-hybridized carbons (Fsp3) is 0.600. The van der Waals surface area contributed by atoms with E-state index < -0.39 is 9.84 Å². The van der Waals surface area contributed by atoms with Gasteiger partial charge in [-0.1, -0.05) is 49.6 Å². The van der Waals surface area contributed by atoms with Crippen molar-refractivity contribution in [3.63, 3.8) is 0 Å². The Morgan fingerprint density at radius 1 is 1.11 bits per heavy atom. The molecule has 1 atom stereocenters. The zero-order valence-corrected chi connectivity index (χ0v) is 12.1. The van der Waals surface area contributed by atoms with Crippen LogP contribution in [0.15, 0.2) is 30.3 Å². The van der Waals surface area contributed by atoms with E-state index in [-0.39, 0.29) is 17.5 Å². The van der Waals surface area contributed by atoms with Crippen LogP contribution in [0, 0.1) is 5.92 Å². The summed E-state index contributed by atoms with van der Waals surface area (Å²) < 4.78 is 24.3. The van der Waals surface area contributed by atoms with E-state index in [2.05, 4.69) is 0 Å². The van der Waals surface area contributed by atoms with Crippen LogP contribution in [0.25, 0.3) is 0 Å². The van der Waals surface area contributed by atoms with Crippen LogP contribution in [0.5, 0.6) is 0 Å². The molecule has 106 valence electrons. The Hall–Kier alpha value is -0.870. The summed E-state index contributed by atoms with van der Waals surface area (Å²) in [7, 11) is -3.11. The highest BCUT2D eigenvalue weighted by Gasteiger charge is 2.25. The first-order valence-corrected chi connectivity index (χ1v) is 8.89. The minimum atomic E-state index is -3.11. The van der Waals surface area contributed by atoms with E-state index in [0.29, 0.717) is 5.92 Å². The summed E-state index contributed by atoms with van der Waals surface area (Å²) in [6, 6.07) is 9.13. The predicted molar refractivity (Wildman–Crippen MR) is 78.5 cm³/mol. The topological polar surface area (TPSA) is 60.2 Å². The lowest BCUT2D eigenvalue weighted by Crippen LogP contribution is -2.38. The van der Waals surface area contributed by atoms with E-state index in [1.165, 1.54) is 19.3 Å². The smallest absolute Gasteiger partial charge is 0.155 e. The molecular formula is C15H23NO2S. The fourth-order valence-corrected chi connectivity index (χ4v) is 4.56. The summed E-state index contributed by atoms with van der Waals surface area (Å²) in [6.45, 7) is 0. The van der Waals surface area contributed by atoms with E-state index >= 15 is 0 Å². The first-order chi connectivity index (χ1) is 9.07. The van der Waals surface area contributed by atoms with Crippen LogP contribution in [0.2, 0.25) is 0 Å². The summed E-state index contributed by atoms with van der Waals surface area (Å²) >= 11 is 0. The van der Waals surface area contributed by atoms with E-state index in [1.807, 2.05) is 30.3 Å². The largest absolute Gasteiger partial charge is 0.327 e. The number of rotatable bonds is 5. The minimum Gasteiger partial charge on any atom is -0.327 e. The molecule has 0 heterocycles. The molecular weight excluding hydrogens is 258 g/mol. The van der Waals surface area contributed by atoms with Gasteiger partial charge in [-0.3, -0.25) is 0 Å². The van der Waals surface area contributed by atoms with E-state index in [9.17, 15) is 8.42 Å². The van der Waals surface area contributed by atoms with Gasteiger partial charge in [-0.15, -0.1) is 0 Å². The molecule has 0 aromatic heterocycles. The van der Waals surface area contributed by atoms with Crippen molar-refractivity contribution in [3.05, 3.63) is 35.9 Å². The molecule has 1 aliphatic rings. The third-order valence-corrected chi connectivity index (χ3v) is 5.60. The molecule has 2 N–H and O–H groups in total. The van der Waals surface area contributed by atoms with Crippen molar-refractivity contribution < 1.29 is 8.42 Å². The normalized spacial score (nSPS) is 19.2.